The van der Waals surface area contributed by atoms with E-state index in [2.05, 4.69) is 6.58 Å². The number of fused-ring (bicyclic) bond motifs is 3. The van der Waals surface area contributed by atoms with Crippen molar-refractivity contribution in [2.24, 2.45) is 0 Å². The molecule has 0 atom stereocenters. The quantitative estimate of drug-likeness (QED) is 0.679. The van der Waals surface area contributed by atoms with Gasteiger partial charge in [0.25, 0.3) is 0 Å². The van der Waals surface area contributed by atoms with E-state index in [-0.39, 0.29) is 18.9 Å². The van der Waals surface area contributed by atoms with Crippen molar-refractivity contribution in [2.45, 2.75) is 13.0 Å². The number of phenols is 1. The van der Waals surface area contributed by atoms with Gasteiger partial charge in [-0.15, -0.1) is 0 Å². The highest BCUT2D eigenvalue weighted by molar-refractivity contribution is 5.83. The predicted octanol–water partition coefficient (Wildman–Crippen LogP) is 2.18. The Bertz CT molecular complexity index is 808. The Kier molecular flexibility index (Phi) is 3.58. The Morgan fingerprint density at radius 2 is 2.27 bits per heavy atom. The van der Waals surface area contributed by atoms with Gasteiger partial charge < -0.3 is 19.2 Å². The first-order chi connectivity index (χ1) is 10.6. The minimum absolute atomic E-state index is 0.0426. The highest BCUT2D eigenvalue weighted by Crippen LogP contribution is 2.27. The molecule has 0 bridgehead atoms. The summed E-state index contributed by atoms with van der Waals surface area (Å²) in [6, 6.07) is 4.69. The van der Waals surface area contributed by atoms with Crippen LogP contribution in [-0.2, 0) is 17.7 Å². The summed E-state index contributed by atoms with van der Waals surface area (Å²) in [5.41, 5.74) is 1.18. The zero-order valence-electron chi connectivity index (χ0n) is 11.9. The molecular formula is C16H15NO5. The second-order valence-corrected chi connectivity index (χ2v) is 5.06. The first-order valence-electron chi connectivity index (χ1n) is 6.90. The zero-order valence-corrected chi connectivity index (χ0v) is 11.9. The molecule has 0 aliphatic carbocycles. The summed E-state index contributed by atoms with van der Waals surface area (Å²) in [4.78, 5) is 25.5. The van der Waals surface area contributed by atoms with E-state index < -0.39 is 11.7 Å². The van der Waals surface area contributed by atoms with Crippen molar-refractivity contribution in [1.82, 2.24) is 4.90 Å². The van der Waals surface area contributed by atoms with Gasteiger partial charge in [-0.1, -0.05) is 12.7 Å². The predicted molar refractivity (Wildman–Crippen MR) is 79.8 cm³/mol. The molecule has 1 amide bonds. The lowest BCUT2D eigenvalue weighted by Gasteiger charge is -2.27. The number of phenolic OH excluding ortho intramolecular Hbond substituents is 1. The summed E-state index contributed by atoms with van der Waals surface area (Å²) < 4.78 is 10.2. The van der Waals surface area contributed by atoms with Crippen LogP contribution in [0, 0.1) is 0 Å². The molecule has 0 radical (unpaired) electrons. The maximum Gasteiger partial charge on any atom is 0.410 e. The molecule has 114 valence electrons. The Morgan fingerprint density at radius 3 is 3.05 bits per heavy atom. The molecule has 6 nitrogen and oxygen atoms in total. The van der Waals surface area contributed by atoms with E-state index in [1.165, 1.54) is 17.0 Å². The van der Waals surface area contributed by atoms with Crippen LogP contribution < -0.4 is 5.63 Å². The standard InChI is InChI=1S/C16H15NO5/c1-2-7-21-16(20)17-6-5-11-12-4-3-10(18)8-14(12)22-15(19)13(11)9-17/h2-4,8,18H,1,5-7,9H2. The van der Waals surface area contributed by atoms with Crippen LogP contribution in [0.4, 0.5) is 4.79 Å². The van der Waals surface area contributed by atoms with Gasteiger partial charge in [-0.3, -0.25) is 0 Å². The molecule has 2 aromatic rings. The largest absolute Gasteiger partial charge is 0.508 e. The van der Waals surface area contributed by atoms with Gasteiger partial charge >= 0.3 is 11.7 Å². The lowest BCUT2D eigenvalue weighted by Crippen LogP contribution is -2.38. The maximum atomic E-state index is 12.1. The minimum Gasteiger partial charge on any atom is -0.508 e. The normalized spacial score (nSPS) is 13.7. The minimum atomic E-state index is -0.491. The van der Waals surface area contributed by atoms with E-state index in [0.29, 0.717) is 24.1 Å². The SMILES string of the molecule is C=CCOC(=O)N1CCc2c(c(=O)oc3cc(O)ccc23)C1. The molecule has 0 unspecified atom stereocenters. The molecule has 0 fully saturated rings. The Hall–Kier alpha value is -2.76. The van der Waals surface area contributed by atoms with Gasteiger partial charge in [0.05, 0.1) is 12.1 Å². The first kappa shape index (κ1) is 14.2. The van der Waals surface area contributed by atoms with Crippen LogP contribution in [0.5, 0.6) is 5.75 Å². The fourth-order valence-electron chi connectivity index (χ4n) is 2.63. The monoisotopic (exact) mass is 301 g/mol. The molecule has 1 aromatic carbocycles. The van der Waals surface area contributed by atoms with Crippen LogP contribution in [-0.4, -0.2) is 29.3 Å². The lowest BCUT2D eigenvalue weighted by molar-refractivity contribution is 0.107. The van der Waals surface area contributed by atoms with Crippen LogP contribution in [0.2, 0.25) is 0 Å². The first-order valence-corrected chi connectivity index (χ1v) is 6.90. The summed E-state index contributed by atoms with van der Waals surface area (Å²) in [6.45, 7) is 4.24. The van der Waals surface area contributed by atoms with Gasteiger partial charge in [0.1, 0.15) is 17.9 Å². The molecule has 3 rings (SSSR count). The zero-order chi connectivity index (χ0) is 15.7. The smallest absolute Gasteiger partial charge is 0.410 e. The topological polar surface area (TPSA) is 80.0 Å². The second-order valence-electron chi connectivity index (χ2n) is 5.06. The molecule has 22 heavy (non-hydrogen) atoms. The summed E-state index contributed by atoms with van der Waals surface area (Å²) in [5, 5.41) is 10.3. The van der Waals surface area contributed by atoms with E-state index in [1.54, 1.807) is 12.1 Å². The number of amides is 1. The molecule has 0 saturated carbocycles. The molecule has 1 N–H and O–H groups in total. The fraction of sp³-hybridized carbons (Fsp3) is 0.250. The Morgan fingerprint density at radius 1 is 1.45 bits per heavy atom. The van der Waals surface area contributed by atoms with Crippen molar-refractivity contribution in [3.63, 3.8) is 0 Å². The number of hydrogen-bond acceptors (Lipinski definition) is 5. The lowest BCUT2D eigenvalue weighted by atomic mass is 9.98. The molecular weight excluding hydrogens is 286 g/mol. The summed E-state index contributed by atoms with van der Waals surface area (Å²) in [7, 11) is 0. The van der Waals surface area contributed by atoms with Gasteiger partial charge in [0, 0.05) is 18.0 Å². The van der Waals surface area contributed by atoms with Crippen molar-refractivity contribution >= 4 is 17.1 Å². The number of benzene rings is 1. The van der Waals surface area contributed by atoms with Crippen molar-refractivity contribution in [3.05, 3.63) is 52.4 Å². The molecule has 0 saturated heterocycles. The Balaban J connectivity index is 1.98. The number of aromatic hydroxyl groups is 1. The third-order valence-corrected chi connectivity index (χ3v) is 3.67. The third kappa shape index (κ3) is 2.43. The van der Waals surface area contributed by atoms with E-state index >= 15 is 0 Å². The van der Waals surface area contributed by atoms with Gasteiger partial charge in [0.15, 0.2) is 0 Å². The molecule has 2 heterocycles. The number of carbonyl (C=O) groups is 1. The number of carbonyl (C=O) groups excluding carboxylic acids is 1. The van der Waals surface area contributed by atoms with E-state index in [4.69, 9.17) is 9.15 Å². The van der Waals surface area contributed by atoms with Crippen molar-refractivity contribution < 1.29 is 19.1 Å². The van der Waals surface area contributed by atoms with Gasteiger partial charge in [-0.05, 0) is 24.1 Å². The van der Waals surface area contributed by atoms with Gasteiger partial charge in [0.2, 0.25) is 0 Å². The van der Waals surface area contributed by atoms with Gasteiger partial charge in [-0.2, -0.15) is 0 Å². The average Bonchev–Trinajstić information content (AvgIpc) is 2.52. The van der Waals surface area contributed by atoms with Crippen LogP contribution in [0.3, 0.4) is 0 Å². The van der Waals surface area contributed by atoms with Crippen LogP contribution in [0.1, 0.15) is 11.1 Å². The van der Waals surface area contributed by atoms with Crippen LogP contribution in [0.15, 0.2) is 40.1 Å². The molecule has 1 aliphatic rings. The van der Waals surface area contributed by atoms with Crippen molar-refractivity contribution in [2.75, 3.05) is 13.2 Å². The van der Waals surface area contributed by atoms with E-state index in [0.717, 1.165) is 10.9 Å². The third-order valence-electron chi connectivity index (χ3n) is 3.67. The van der Waals surface area contributed by atoms with Crippen molar-refractivity contribution in [1.29, 1.82) is 0 Å². The maximum absolute atomic E-state index is 12.1. The second kappa shape index (κ2) is 5.55. The van der Waals surface area contributed by atoms with E-state index in [1.807, 2.05) is 0 Å². The van der Waals surface area contributed by atoms with Gasteiger partial charge in [-0.25, -0.2) is 9.59 Å². The summed E-state index contributed by atoms with van der Waals surface area (Å²) in [6.07, 6.45) is 1.55. The van der Waals surface area contributed by atoms with E-state index in [9.17, 15) is 14.7 Å². The molecule has 0 spiro atoms. The fourth-order valence-corrected chi connectivity index (χ4v) is 2.63. The van der Waals surface area contributed by atoms with Crippen LogP contribution in [0.25, 0.3) is 11.0 Å². The highest BCUT2D eigenvalue weighted by Gasteiger charge is 2.26. The van der Waals surface area contributed by atoms with Crippen LogP contribution >= 0.6 is 0 Å². The number of hydrogen-bond donors (Lipinski definition) is 1. The number of rotatable bonds is 2. The number of ether oxygens (including phenoxy) is 1. The molecule has 1 aromatic heterocycles. The Labute approximate surface area is 126 Å². The molecule has 1 aliphatic heterocycles. The molecule has 6 heteroatoms. The van der Waals surface area contributed by atoms with Crippen molar-refractivity contribution in [3.8, 4) is 5.75 Å². The highest BCUT2D eigenvalue weighted by atomic mass is 16.6. The number of nitrogens with zero attached hydrogens (tertiary/aromatic N) is 1. The average molecular weight is 301 g/mol. The summed E-state index contributed by atoms with van der Waals surface area (Å²) in [5.74, 6) is 0.0426. The summed E-state index contributed by atoms with van der Waals surface area (Å²) >= 11 is 0.